The molecule has 18 heavy (non-hydrogen) atoms. The Labute approximate surface area is 111 Å². The van der Waals surface area contributed by atoms with E-state index < -0.39 is 0 Å². The van der Waals surface area contributed by atoms with Crippen molar-refractivity contribution in [2.75, 3.05) is 19.7 Å². The second-order valence-electron chi connectivity index (χ2n) is 5.74. The third-order valence-corrected chi connectivity index (χ3v) is 4.43. The summed E-state index contributed by atoms with van der Waals surface area (Å²) in [5.41, 5.74) is 0. The maximum atomic E-state index is 8.92. The topological polar surface area (TPSA) is 36.3 Å². The molecular weight excluding hydrogens is 224 g/mol. The van der Waals surface area contributed by atoms with Crippen molar-refractivity contribution in [2.45, 2.75) is 64.0 Å². The number of likely N-dealkylation sites (tertiary alicyclic amines) is 1. The summed E-state index contributed by atoms with van der Waals surface area (Å²) >= 11 is 0. The van der Waals surface area contributed by atoms with Crippen LogP contribution in [0.5, 0.6) is 0 Å². The molecule has 1 heterocycles. The van der Waals surface area contributed by atoms with Gasteiger partial charge in [-0.1, -0.05) is 6.92 Å². The van der Waals surface area contributed by atoms with Gasteiger partial charge in [-0.05, 0) is 44.9 Å². The third-order valence-electron chi connectivity index (χ3n) is 4.43. The number of ether oxygens (including phenoxy) is 1. The first-order valence-electron chi connectivity index (χ1n) is 7.58. The van der Waals surface area contributed by atoms with Gasteiger partial charge in [0.05, 0.1) is 12.2 Å². The molecule has 0 atom stereocenters. The first kappa shape index (κ1) is 13.8. The molecule has 102 valence electrons. The zero-order valence-corrected chi connectivity index (χ0v) is 11.6. The van der Waals surface area contributed by atoms with Gasteiger partial charge in [-0.25, -0.2) is 0 Å². The Morgan fingerprint density at radius 3 is 2.33 bits per heavy atom. The maximum absolute atomic E-state index is 8.92. The van der Waals surface area contributed by atoms with E-state index in [1.807, 2.05) is 0 Å². The Morgan fingerprint density at radius 2 is 1.78 bits per heavy atom. The first-order valence-corrected chi connectivity index (χ1v) is 7.58. The van der Waals surface area contributed by atoms with Gasteiger partial charge in [-0.2, -0.15) is 5.26 Å². The van der Waals surface area contributed by atoms with Gasteiger partial charge < -0.3 is 9.64 Å². The molecule has 0 aromatic heterocycles. The summed E-state index contributed by atoms with van der Waals surface area (Å²) in [5, 5.41) is 8.92. The molecule has 1 aliphatic heterocycles. The molecule has 0 unspecified atom stereocenters. The van der Waals surface area contributed by atoms with Gasteiger partial charge in [0.25, 0.3) is 0 Å². The lowest BCUT2D eigenvalue weighted by Gasteiger charge is -2.39. The molecule has 0 spiro atoms. The molecule has 2 rings (SSSR count). The smallest absolute Gasteiger partial charge is 0.0655 e. The van der Waals surface area contributed by atoms with E-state index in [4.69, 9.17) is 10.00 Å². The summed E-state index contributed by atoms with van der Waals surface area (Å²) in [6, 6.07) is 3.16. The minimum Gasteiger partial charge on any atom is -0.378 e. The Kier molecular flexibility index (Phi) is 5.46. The molecule has 0 bridgehead atoms. The lowest BCUT2D eigenvalue weighted by molar-refractivity contribution is -0.00652. The second-order valence-corrected chi connectivity index (χ2v) is 5.74. The Morgan fingerprint density at radius 1 is 1.11 bits per heavy atom. The minimum atomic E-state index is 0.326. The molecule has 2 fully saturated rings. The van der Waals surface area contributed by atoms with Crippen LogP contribution in [-0.4, -0.2) is 36.7 Å². The minimum absolute atomic E-state index is 0.326. The van der Waals surface area contributed by atoms with Gasteiger partial charge in [0.2, 0.25) is 0 Å². The summed E-state index contributed by atoms with van der Waals surface area (Å²) < 4.78 is 5.83. The molecule has 1 aliphatic carbocycles. The molecular formula is C15H26N2O. The molecule has 1 saturated heterocycles. The summed E-state index contributed by atoms with van der Waals surface area (Å²) in [5.74, 6) is 0.326. The first-order chi connectivity index (χ1) is 8.83. The fraction of sp³-hybridized carbons (Fsp3) is 0.933. The molecule has 0 aromatic carbocycles. The Bertz CT molecular complexity index is 271. The van der Waals surface area contributed by atoms with E-state index in [0.29, 0.717) is 12.0 Å². The van der Waals surface area contributed by atoms with Crippen LogP contribution in [0.4, 0.5) is 0 Å². The van der Waals surface area contributed by atoms with E-state index in [2.05, 4.69) is 17.9 Å². The van der Waals surface area contributed by atoms with Crippen LogP contribution in [0.1, 0.15) is 51.9 Å². The summed E-state index contributed by atoms with van der Waals surface area (Å²) in [6.45, 7) is 5.47. The summed E-state index contributed by atoms with van der Waals surface area (Å²) in [6.07, 6.45) is 8.66. The maximum Gasteiger partial charge on any atom is 0.0655 e. The average molecular weight is 250 g/mol. The quantitative estimate of drug-likeness (QED) is 0.769. The highest BCUT2D eigenvalue weighted by atomic mass is 16.5. The molecule has 0 aromatic rings. The molecule has 0 amide bonds. The fourth-order valence-corrected chi connectivity index (χ4v) is 3.26. The number of hydrogen-bond acceptors (Lipinski definition) is 3. The van der Waals surface area contributed by atoms with Crippen molar-refractivity contribution in [1.29, 1.82) is 5.26 Å². The van der Waals surface area contributed by atoms with Crippen molar-refractivity contribution in [2.24, 2.45) is 5.92 Å². The molecule has 0 radical (unpaired) electrons. The lowest BCUT2D eigenvalue weighted by atomic mass is 9.85. The van der Waals surface area contributed by atoms with Gasteiger partial charge >= 0.3 is 0 Å². The highest BCUT2D eigenvalue weighted by Crippen LogP contribution is 2.29. The van der Waals surface area contributed by atoms with Crippen molar-refractivity contribution < 1.29 is 4.74 Å². The van der Waals surface area contributed by atoms with Crippen LogP contribution in [0.2, 0.25) is 0 Å². The van der Waals surface area contributed by atoms with Crippen LogP contribution in [0.25, 0.3) is 0 Å². The molecule has 3 nitrogen and oxygen atoms in total. The van der Waals surface area contributed by atoms with Gasteiger partial charge in [0.15, 0.2) is 0 Å². The van der Waals surface area contributed by atoms with Crippen LogP contribution in [0.15, 0.2) is 0 Å². The molecule has 2 aliphatic rings. The van der Waals surface area contributed by atoms with E-state index >= 15 is 0 Å². The van der Waals surface area contributed by atoms with Gasteiger partial charge in [0, 0.05) is 31.7 Å². The van der Waals surface area contributed by atoms with Crippen LogP contribution in [0.3, 0.4) is 0 Å². The van der Waals surface area contributed by atoms with E-state index in [9.17, 15) is 0 Å². The molecule has 0 N–H and O–H groups in total. The number of nitrogens with zero attached hydrogens (tertiary/aromatic N) is 2. The van der Waals surface area contributed by atoms with Crippen LogP contribution in [0, 0.1) is 17.2 Å². The van der Waals surface area contributed by atoms with E-state index in [0.717, 1.165) is 31.9 Å². The fourth-order valence-electron chi connectivity index (χ4n) is 3.26. The summed E-state index contributed by atoms with van der Waals surface area (Å²) in [7, 11) is 0. The zero-order chi connectivity index (χ0) is 12.8. The van der Waals surface area contributed by atoms with E-state index in [1.165, 1.54) is 38.8 Å². The van der Waals surface area contributed by atoms with E-state index in [-0.39, 0.29) is 0 Å². The SMILES string of the molecule is CCCOC1CCN(C2CCC(C#N)CC2)CC1. The molecule has 1 saturated carbocycles. The number of piperidine rings is 1. The molecule has 3 heteroatoms. The van der Waals surface area contributed by atoms with Crippen LogP contribution >= 0.6 is 0 Å². The highest BCUT2D eigenvalue weighted by Gasteiger charge is 2.28. The van der Waals surface area contributed by atoms with Crippen LogP contribution < -0.4 is 0 Å². The van der Waals surface area contributed by atoms with Gasteiger partial charge in [-0.3, -0.25) is 0 Å². The van der Waals surface area contributed by atoms with Gasteiger partial charge in [-0.15, -0.1) is 0 Å². The number of hydrogen-bond donors (Lipinski definition) is 0. The summed E-state index contributed by atoms with van der Waals surface area (Å²) in [4.78, 5) is 2.64. The zero-order valence-electron chi connectivity index (χ0n) is 11.6. The van der Waals surface area contributed by atoms with Crippen molar-refractivity contribution in [3.05, 3.63) is 0 Å². The lowest BCUT2D eigenvalue weighted by Crippen LogP contribution is -2.44. The Balaban J connectivity index is 1.69. The average Bonchev–Trinajstić information content (AvgIpc) is 2.46. The highest BCUT2D eigenvalue weighted by molar-refractivity contribution is 4.90. The normalized spacial score (nSPS) is 31.1. The largest absolute Gasteiger partial charge is 0.378 e. The van der Waals surface area contributed by atoms with Crippen molar-refractivity contribution >= 4 is 0 Å². The van der Waals surface area contributed by atoms with Crippen molar-refractivity contribution in [1.82, 2.24) is 4.90 Å². The number of nitriles is 1. The third kappa shape index (κ3) is 3.70. The van der Waals surface area contributed by atoms with Crippen molar-refractivity contribution in [3.63, 3.8) is 0 Å². The Hall–Kier alpha value is -0.590. The predicted molar refractivity (Wildman–Crippen MR) is 72.2 cm³/mol. The second kappa shape index (κ2) is 7.11. The van der Waals surface area contributed by atoms with Gasteiger partial charge in [0.1, 0.15) is 0 Å². The van der Waals surface area contributed by atoms with E-state index in [1.54, 1.807) is 0 Å². The number of rotatable bonds is 4. The van der Waals surface area contributed by atoms with Crippen LogP contribution in [-0.2, 0) is 4.74 Å². The predicted octanol–water partition coefficient (Wildman–Crippen LogP) is 2.96. The standard InChI is InChI=1S/C15H26N2O/c1-2-11-18-15-7-9-17(10-8-15)14-5-3-13(12-16)4-6-14/h13-15H,2-11H2,1H3. The van der Waals surface area contributed by atoms with Crippen molar-refractivity contribution in [3.8, 4) is 6.07 Å². The monoisotopic (exact) mass is 250 g/mol.